The Balaban J connectivity index is 1.13. The molecule has 0 bridgehead atoms. The van der Waals surface area contributed by atoms with Crippen molar-refractivity contribution in [3.8, 4) is 51.2 Å². The second kappa shape index (κ2) is 12.6. The van der Waals surface area contributed by atoms with E-state index in [0.29, 0.717) is 17.6 Å². The lowest BCUT2D eigenvalue weighted by Crippen LogP contribution is -2.06. The molecule has 250 valence electrons. The van der Waals surface area contributed by atoms with Crippen LogP contribution in [0.4, 0.5) is 0 Å². The number of pyridine rings is 2. The summed E-state index contributed by atoms with van der Waals surface area (Å²) in [5.74, 6) is 1.71. The first-order valence-corrected chi connectivity index (χ1v) is 17.5. The molecule has 7 heteroatoms. The molecule has 4 heterocycles. The number of fused-ring (bicyclic) bond motifs is 6. The number of para-hydroxylation sites is 2. The Labute approximate surface area is 304 Å². The normalized spacial score (nSPS) is 11.6. The van der Waals surface area contributed by atoms with E-state index >= 15 is 0 Å². The van der Waals surface area contributed by atoms with Gasteiger partial charge in [-0.25, -0.2) is 15.0 Å². The monoisotopic (exact) mass is 682 g/mol. The maximum Gasteiger partial charge on any atom is 0.238 e. The van der Waals surface area contributed by atoms with Crippen molar-refractivity contribution in [2.24, 2.45) is 0 Å². The second-order valence-corrected chi connectivity index (χ2v) is 13.0. The first-order valence-electron chi connectivity index (χ1n) is 17.5. The maximum absolute atomic E-state index is 10.00. The van der Waals surface area contributed by atoms with E-state index in [1.165, 1.54) is 0 Å². The van der Waals surface area contributed by atoms with Crippen LogP contribution in [0.2, 0.25) is 0 Å². The molecule has 1 N–H and O–H groups in total. The van der Waals surface area contributed by atoms with Gasteiger partial charge in [-0.2, -0.15) is 9.97 Å². The SMILES string of the molecule is OCc1ccccc1-c1ccc2ccc3ccc(-c4cccc(-c5nc(-c6ccccc6)nc(-n6c7ccccc7c7ccccc76)n5)c4)nc3c2n1. The molecule has 0 saturated carbocycles. The molecule has 0 aliphatic rings. The summed E-state index contributed by atoms with van der Waals surface area (Å²) in [5.41, 5.74) is 9.73. The summed E-state index contributed by atoms with van der Waals surface area (Å²) in [4.78, 5) is 25.5. The van der Waals surface area contributed by atoms with Gasteiger partial charge in [0, 0.05) is 43.8 Å². The summed E-state index contributed by atoms with van der Waals surface area (Å²) >= 11 is 0. The molecule has 0 unspecified atom stereocenters. The minimum absolute atomic E-state index is 0.0572. The predicted molar refractivity (Wildman–Crippen MR) is 212 cm³/mol. The van der Waals surface area contributed by atoms with E-state index in [1.807, 2.05) is 91.0 Å². The molecule has 0 fully saturated rings. The summed E-state index contributed by atoms with van der Waals surface area (Å²) < 4.78 is 2.13. The van der Waals surface area contributed by atoms with Crippen molar-refractivity contribution >= 4 is 43.6 Å². The Kier molecular flexibility index (Phi) is 7.30. The van der Waals surface area contributed by atoms with Crippen LogP contribution in [0.5, 0.6) is 0 Å². The Morgan fingerprint density at radius 1 is 0.434 bits per heavy atom. The van der Waals surface area contributed by atoms with Crippen molar-refractivity contribution in [1.29, 1.82) is 0 Å². The number of hydrogen-bond acceptors (Lipinski definition) is 6. The Morgan fingerprint density at radius 2 is 0.981 bits per heavy atom. The largest absolute Gasteiger partial charge is 0.392 e. The van der Waals surface area contributed by atoms with Gasteiger partial charge < -0.3 is 5.11 Å². The molecule has 7 nitrogen and oxygen atoms in total. The molecule has 53 heavy (non-hydrogen) atoms. The lowest BCUT2D eigenvalue weighted by Gasteiger charge is -2.12. The standard InChI is InChI=1S/C46H30N6O/c53-28-34-13-4-5-16-35(34)39-26-24-30-22-21-29-23-25-38(47-42(29)43(30)48-39)32-14-10-15-33(27-32)45-49-44(31-11-2-1-3-12-31)50-46(51-45)52-40-19-8-6-17-36(40)37-18-7-9-20-41(37)52/h1-27,53H,28H2. The van der Waals surface area contributed by atoms with Gasteiger partial charge in [0.15, 0.2) is 11.6 Å². The third-order valence-corrected chi connectivity index (χ3v) is 9.84. The zero-order valence-electron chi connectivity index (χ0n) is 28.4. The lowest BCUT2D eigenvalue weighted by atomic mass is 10.0. The van der Waals surface area contributed by atoms with Crippen molar-refractivity contribution < 1.29 is 5.11 Å². The highest BCUT2D eigenvalue weighted by atomic mass is 16.3. The molecule has 4 aromatic heterocycles. The third-order valence-electron chi connectivity index (χ3n) is 9.84. The summed E-state index contributed by atoms with van der Waals surface area (Å²) in [6.45, 7) is -0.0572. The van der Waals surface area contributed by atoms with Crippen LogP contribution in [0.1, 0.15) is 5.56 Å². The summed E-state index contributed by atoms with van der Waals surface area (Å²) in [6, 6.07) is 55.2. The Hall–Kier alpha value is -7.09. The van der Waals surface area contributed by atoms with E-state index in [0.717, 1.165) is 82.8 Å². The van der Waals surface area contributed by atoms with Crippen LogP contribution in [-0.2, 0) is 6.61 Å². The van der Waals surface area contributed by atoms with Crippen molar-refractivity contribution in [2.45, 2.75) is 6.61 Å². The summed E-state index contributed by atoms with van der Waals surface area (Å²) in [7, 11) is 0. The summed E-state index contributed by atoms with van der Waals surface area (Å²) in [6.07, 6.45) is 0. The van der Waals surface area contributed by atoms with Crippen molar-refractivity contribution in [2.75, 3.05) is 0 Å². The van der Waals surface area contributed by atoms with Gasteiger partial charge in [-0.3, -0.25) is 4.57 Å². The number of aliphatic hydroxyl groups excluding tert-OH is 1. The molecule has 0 saturated heterocycles. The average Bonchev–Trinajstić information content (AvgIpc) is 3.58. The maximum atomic E-state index is 10.00. The zero-order valence-corrected chi connectivity index (χ0v) is 28.4. The fraction of sp³-hybridized carbons (Fsp3) is 0.0217. The zero-order chi connectivity index (χ0) is 35.3. The molecule has 6 aromatic carbocycles. The van der Waals surface area contributed by atoms with Gasteiger partial charge in [-0.1, -0.05) is 133 Å². The van der Waals surface area contributed by atoms with Crippen LogP contribution in [-0.4, -0.2) is 34.6 Å². The van der Waals surface area contributed by atoms with E-state index in [2.05, 4.69) is 77.4 Å². The van der Waals surface area contributed by atoms with Crippen LogP contribution in [0.15, 0.2) is 164 Å². The van der Waals surface area contributed by atoms with E-state index in [4.69, 9.17) is 24.9 Å². The fourth-order valence-electron chi connectivity index (χ4n) is 7.25. The quantitative estimate of drug-likeness (QED) is 0.176. The van der Waals surface area contributed by atoms with Gasteiger partial charge in [-0.05, 0) is 35.9 Å². The number of nitrogens with zero attached hydrogens (tertiary/aromatic N) is 6. The number of aromatic nitrogens is 6. The molecule has 10 rings (SSSR count). The molecule has 0 amide bonds. The van der Waals surface area contributed by atoms with E-state index in [1.54, 1.807) is 0 Å². The molecule has 10 aromatic rings. The van der Waals surface area contributed by atoms with Crippen LogP contribution in [0.25, 0.3) is 94.9 Å². The number of rotatable bonds is 6. The molecule has 0 aliphatic heterocycles. The van der Waals surface area contributed by atoms with Crippen molar-refractivity contribution in [3.05, 3.63) is 169 Å². The van der Waals surface area contributed by atoms with Crippen LogP contribution >= 0.6 is 0 Å². The topological polar surface area (TPSA) is 89.6 Å². The number of aliphatic hydroxyl groups is 1. The number of hydrogen-bond donors (Lipinski definition) is 1. The van der Waals surface area contributed by atoms with Gasteiger partial charge in [-0.15, -0.1) is 0 Å². The highest BCUT2D eigenvalue weighted by Gasteiger charge is 2.18. The molecule has 0 aliphatic carbocycles. The van der Waals surface area contributed by atoms with Gasteiger partial charge in [0.25, 0.3) is 0 Å². The number of benzene rings is 6. The molecular formula is C46H30N6O. The Bertz CT molecular complexity index is 2960. The average molecular weight is 683 g/mol. The molecular weight excluding hydrogens is 653 g/mol. The van der Waals surface area contributed by atoms with Gasteiger partial charge in [0.2, 0.25) is 5.95 Å². The smallest absolute Gasteiger partial charge is 0.238 e. The highest BCUT2D eigenvalue weighted by molar-refractivity contribution is 6.09. The van der Waals surface area contributed by atoms with E-state index in [9.17, 15) is 5.11 Å². The van der Waals surface area contributed by atoms with Crippen LogP contribution < -0.4 is 0 Å². The predicted octanol–water partition coefficient (Wildman–Crippen LogP) is 10.2. The fourth-order valence-corrected chi connectivity index (χ4v) is 7.25. The van der Waals surface area contributed by atoms with E-state index in [-0.39, 0.29) is 6.61 Å². The van der Waals surface area contributed by atoms with Crippen LogP contribution in [0, 0.1) is 0 Å². The van der Waals surface area contributed by atoms with Gasteiger partial charge in [0.05, 0.1) is 40.1 Å². The highest BCUT2D eigenvalue weighted by Crippen LogP contribution is 2.34. The molecule has 0 atom stereocenters. The van der Waals surface area contributed by atoms with E-state index < -0.39 is 0 Å². The van der Waals surface area contributed by atoms with Crippen molar-refractivity contribution in [1.82, 2.24) is 29.5 Å². The summed E-state index contributed by atoms with van der Waals surface area (Å²) in [5, 5.41) is 14.3. The first kappa shape index (κ1) is 30.7. The second-order valence-electron chi connectivity index (χ2n) is 13.0. The van der Waals surface area contributed by atoms with Gasteiger partial charge in [0.1, 0.15) is 0 Å². The van der Waals surface area contributed by atoms with Gasteiger partial charge >= 0.3 is 0 Å². The first-order chi connectivity index (χ1) is 26.2. The minimum Gasteiger partial charge on any atom is -0.392 e. The molecule has 0 radical (unpaired) electrons. The third kappa shape index (κ3) is 5.30. The minimum atomic E-state index is -0.0572. The molecule has 0 spiro atoms. The van der Waals surface area contributed by atoms with Crippen LogP contribution in [0.3, 0.4) is 0 Å². The lowest BCUT2D eigenvalue weighted by molar-refractivity contribution is 0.282. The Morgan fingerprint density at radius 3 is 1.70 bits per heavy atom. The van der Waals surface area contributed by atoms with Crippen molar-refractivity contribution in [3.63, 3.8) is 0 Å².